The number of nitrogens with one attached hydrogen (secondary N) is 2. The molecular formula is C25H24N3O4S+. The average Bonchev–Trinajstić information content (AvgIpc) is 3.47. The SMILES string of the molecule is O=C(NC[C@@H](c1cccs1)[NH+]1CCOCC1)c1cccc(N2C(=O)c3ccccc3C2=O)c1. The van der Waals surface area contributed by atoms with Gasteiger partial charge >= 0.3 is 0 Å². The van der Waals surface area contributed by atoms with Crippen LogP contribution in [0.1, 0.15) is 42.0 Å². The molecule has 0 spiro atoms. The van der Waals surface area contributed by atoms with Gasteiger partial charge in [0.25, 0.3) is 17.7 Å². The molecular weight excluding hydrogens is 438 g/mol. The van der Waals surface area contributed by atoms with E-state index in [1.807, 2.05) is 6.07 Å². The first-order chi connectivity index (χ1) is 16.1. The van der Waals surface area contributed by atoms with Crippen LogP contribution in [0, 0.1) is 0 Å². The Morgan fingerprint density at radius 3 is 2.39 bits per heavy atom. The Balaban J connectivity index is 1.32. The molecule has 3 amide bonds. The number of amides is 3. The number of ether oxygens (including phenoxy) is 1. The summed E-state index contributed by atoms with van der Waals surface area (Å²) in [5, 5.41) is 5.11. The van der Waals surface area contributed by atoms with Crippen LogP contribution in [0.4, 0.5) is 5.69 Å². The number of rotatable bonds is 6. The van der Waals surface area contributed by atoms with E-state index in [0.717, 1.165) is 18.0 Å². The van der Waals surface area contributed by atoms with E-state index in [4.69, 9.17) is 4.74 Å². The highest BCUT2D eigenvalue weighted by Gasteiger charge is 2.36. The molecule has 0 aliphatic carbocycles. The van der Waals surface area contributed by atoms with Gasteiger partial charge in [-0.15, -0.1) is 11.3 Å². The van der Waals surface area contributed by atoms with Crippen molar-refractivity contribution in [3.63, 3.8) is 0 Å². The molecule has 3 heterocycles. The zero-order valence-electron chi connectivity index (χ0n) is 18.0. The van der Waals surface area contributed by atoms with E-state index in [9.17, 15) is 14.4 Å². The van der Waals surface area contributed by atoms with Crippen LogP contribution in [0.15, 0.2) is 66.0 Å². The summed E-state index contributed by atoms with van der Waals surface area (Å²) in [6, 6.07) is 17.7. The van der Waals surface area contributed by atoms with Crippen LogP contribution in [0.5, 0.6) is 0 Å². The van der Waals surface area contributed by atoms with Gasteiger partial charge in [0.15, 0.2) is 0 Å². The maximum Gasteiger partial charge on any atom is 0.266 e. The van der Waals surface area contributed by atoms with Crippen LogP contribution < -0.4 is 15.1 Å². The number of anilines is 1. The molecule has 1 aromatic heterocycles. The van der Waals surface area contributed by atoms with Crippen molar-refractivity contribution in [3.05, 3.63) is 87.6 Å². The Morgan fingerprint density at radius 2 is 1.73 bits per heavy atom. The van der Waals surface area contributed by atoms with Crippen molar-refractivity contribution < 1.29 is 24.0 Å². The number of nitrogens with zero attached hydrogens (tertiary/aromatic N) is 1. The summed E-state index contributed by atoms with van der Waals surface area (Å²) in [7, 11) is 0. The lowest BCUT2D eigenvalue weighted by atomic mass is 10.1. The molecule has 2 aliphatic rings. The van der Waals surface area contributed by atoms with Crippen LogP contribution in [0.25, 0.3) is 0 Å². The fraction of sp³-hybridized carbons (Fsp3) is 0.240. The minimum atomic E-state index is -0.373. The summed E-state index contributed by atoms with van der Waals surface area (Å²) in [4.78, 5) is 42.4. The van der Waals surface area contributed by atoms with Crippen molar-refractivity contribution in [2.45, 2.75) is 6.04 Å². The Bertz CT molecular complexity index is 1150. The summed E-state index contributed by atoms with van der Waals surface area (Å²) in [6.07, 6.45) is 0. The van der Waals surface area contributed by atoms with Crippen molar-refractivity contribution in [1.82, 2.24) is 5.32 Å². The number of carbonyl (C=O) groups excluding carboxylic acids is 3. The molecule has 3 aromatic rings. The molecule has 0 saturated carbocycles. The molecule has 8 heteroatoms. The van der Waals surface area contributed by atoms with E-state index >= 15 is 0 Å². The lowest BCUT2D eigenvalue weighted by Gasteiger charge is -2.31. The molecule has 2 N–H and O–H groups in total. The summed E-state index contributed by atoms with van der Waals surface area (Å²) < 4.78 is 5.50. The summed E-state index contributed by atoms with van der Waals surface area (Å²) in [5.41, 5.74) is 1.56. The van der Waals surface area contributed by atoms with E-state index in [0.29, 0.717) is 42.1 Å². The Morgan fingerprint density at radius 1 is 1.00 bits per heavy atom. The number of imide groups is 1. The number of fused-ring (bicyclic) bond motifs is 1. The third-order valence-corrected chi connectivity index (χ3v) is 7.13. The molecule has 2 aromatic carbocycles. The van der Waals surface area contributed by atoms with Crippen LogP contribution in [-0.4, -0.2) is 50.6 Å². The van der Waals surface area contributed by atoms with Gasteiger partial charge < -0.3 is 15.0 Å². The van der Waals surface area contributed by atoms with Gasteiger partial charge in [-0.25, -0.2) is 4.90 Å². The fourth-order valence-electron chi connectivity index (χ4n) is 4.42. The van der Waals surface area contributed by atoms with Crippen molar-refractivity contribution in [3.8, 4) is 0 Å². The molecule has 7 nitrogen and oxygen atoms in total. The van der Waals surface area contributed by atoms with Gasteiger partial charge in [0.05, 0.1) is 41.4 Å². The number of carbonyl (C=O) groups is 3. The smallest absolute Gasteiger partial charge is 0.266 e. The molecule has 2 aliphatic heterocycles. The van der Waals surface area contributed by atoms with E-state index < -0.39 is 0 Å². The van der Waals surface area contributed by atoms with E-state index in [1.165, 1.54) is 9.78 Å². The zero-order chi connectivity index (χ0) is 22.8. The summed E-state index contributed by atoms with van der Waals surface area (Å²) in [5.74, 6) is -0.980. The van der Waals surface area contributed by atoms with E-state index in [-0.39, 0.29) is 23.8 Å². The van der Waals surface area contributed by atoms with Gasteiger partial charge in [0.2, 0.25) is 0 Å². The third kappa shape index (κ3) is 4.20. The van der Waals surface area contributed by atoms with Gasteiger partial charge in [-0.3, -0.25) is 14.4 Å². The Kier molecular flexibility index (Phi) is 6.04. The summed E-state index contributed by atoms with van der Waals surface area (Å²) >= 11 is 1.69. The zero-order valence-corrected chi connectivity index (χ0v) is 18.8. The molecule has 5 rings (SSSR count). The number of quaternary nitrogens is 1. The lowest BCUT2D eigenvalue weighted by Crippen LogP contribution is -3.15. The van der Waals surface area contributed by atoms with Gasteiger partial charge in [-0.2, -0.15) is 0 Å². The predicted octanol–water partition coefficient (Wildman–Crippen LogP) is 1.93. The van der Waals surface area contributed by atoms with Crippen molar-refractivity contribution in [2.75, 3.05) is 37.7 Å². The standard InChI is InChI=1S/C25H23N3O4S/c29-23(26-16-21(22-9-4-14-33-22)27-10-12-32-13-11-27)17-5-3-6-18(15-17)28-24(30)19-7-1-2-8-20(19)25(28)31/h1-9,14-15,21H,10-13,16H2,(H,26,29)/p+1/t21-/m0/s1. The first-order valence-electron chi connectivity index (χ1n) is 11.0. The van der Waals surface area contributed by atoms with Gasteiger partial charge in [-0.05, 0) is 41.8 Å². The van der Waals surface area contributed by atoms with Crippen LogP contribution in [0.3, 0.4) is 0 Å². The topological polar surface area (TPSA) is 80.2 Å². The van der Waals surface area contributed by atoms with Crippen LogP contribution in [-0.2, 0) is 4.74 Å². The van der Waals surface area contributed by atoms with Gasteiger partial charge in [0, 0.05) is 5.56 Å². The maximum absolute atomic E-state index is 13.0. The first-order valence-corrected chi connectivity index (χ1v) is 11.8. The first kappa shape index (κ1) is 21.5. The maximum atomic E-state index is 13.0. The van der Waals surface area contributed by atoms with Crippen molar-refractivity contribution >= 4 is 34.7 Å². The second kappa shape index (κ2) is 9.27. The quantitative estimate of drug-likeness (QED) is 0.549. The average molecular weight is 463 g/mol. The second-order valence-electron chi connectivity index (χ2n) is 8.09. The molecule has 1 fully saturated rings. The third-order valence-electron chi connectivity index (χ3n) is 6.14. The van der Waals surface area contributed by atoms with Crippen molar-refractivity contribution in [1.29, 1.82) is 0 Å². The highest BCUT2D eigenvalue weighted by atomic mass is 32.1. The highest BCUT2D eigenvalue weighted by molar-refractivity contribution is 7.10. The molecule has 0 unspecified atom stereocenters. The second-order valence-corrected chi connectivity index (χ2v) is 9.07. The monoisotopic (exact) mass is 462 g/mol. The molecule has 0 radical (unpaired) electrons. The van der Waals surface area contributed by atoms with Crippen LogP contribution >= 0.6 is 11.3 Å². The fourth-order valence-corrected chi connectivity index (χ4v) is 5.31. The number of hydrogen-bond donors (Lipinski definition) is 2. The number of hydrogen-bond acceptors (Lipinski definition) is 5. The normalized spacial score (nSPS) is 17.2. The van der Waals surface area contributed by atoms with Gasteiger partial charge in [-0.1, -0.05) is 24.3 Å². The Hall–Kier alpha value is -3.33. The lowest BCUT2D eigenvalue weighted by molar-refractivity contribution is -0.937. The minimum Gasteiger partial charge on any atom is -0.370 e. The number of morpholine rings is 1. The largest absolute Gasteiger partial charge is 0.370 e. The van der Waals surface area contributed by atoms with Crippen molar-refractivity contribution in [2.24, 2.45) is 0 Å². The Labute approximate surface area is 195 Å². The molecule has 1 atom stereocenters. The molecule has 1 saturated heterocycles. The van der Waals surface area contributed by atoms with E-state index in [1.54, 1.807) is 59.9 Å². The molecule has 168 valence electrons. The number of benzene rings is 2. The molecule has 0 bridgehead atoms. The van der Waals surface area contributed by atoms with E-state index in [2.05, 4.69) is 16.8 Å². The minimum absolute atomic E-state index is 0.150. The summed E-state index contributed by atoms with van der Waals surface area (Å²) in [6.45, 7) is 3.72. The van der Waals surface area contributed by atoms with Gasteiger partial charge in [0.1, 0.15) is 19.1 Å². The number of thiophene rings is 1. The van der Waals surface area contributed by atoms with Crippen LogP contribution in [0.2, 0.25) is 0 Å². The molecule has 33 heavy (non-hydrogen) atoms. The highest BCUT2D eigenvalue weighted by Crippen LogP contribution is 2.28. The predicted molar refractivity (Wildman–Crippen MR) is 125 cm³/mol.